The number of hydrogen-bond acceptors (Lipinski definition) is 1. The van der Waals surface area contributed by atoms with E-state index in [0.29, 0.717) is 11.5 Å². The van der Waals surface area contributed by atoms with Crippen molar-refractivity contribution in [3.8, 4) is 17.6 Å². The highest BCUT2D eigenvalue weighted by Gasteiger charge is 2.30. The molecule has 3 aromatic rings. The Balaban J connectivity index is 1.68. The van der Waals surface area contributed by atoms with E-state index in [-0.39, 0.29) is 5.82 Å². The second-order valence-electron chi connectivity index (χ2n) is 7.88. The fourth-order valence-corrected chi connectivity index (χ4v) is 3.61. The van der Waals surface area contributed by atoms with Gasteiger partial charge in [-0.15, -0.1) is 0 Å². The molecule has 2 heteroatoms. The SMILES string of the molecule is COc1ccc(C=C(C)c2ccc(C#Cc3ccc(C)cc3)c(F)c2C2CC2)cc1. The molecule has 0 aromatic heterocycles. The van der Waals surface area contributed by atoms with Crippen LogP contribution in [0.25, 0.3) is 11.6 Å². The molecule has 0 spiro atoms. The molecule has 1 nitrogen and oxygen atoms in total. The molecule has 0 atom stereocenters. The van der Waals surface area contributed by atoms with Crippen molar-refractivity contribution in [1.82, 2.24) is 0 Å². The molecule has 1 aliphatic carbocycles. The maximum absolute atomic E-state index is 15.4. The molecule has 1 fully saturated rings. The van der Waals surface area contributed by atoms with Crippen molar-refractivity contribution < 1.29 is 9.13 Å². The fourth-order valence-electron chi connectivity index (χ4n) is 3.61. The first kappa shape index (κ1) is 20.0. The Morgan fingerprint density at radius 2 is 1.67 bits per heavy atom. The van der Waals surface area contributed by atoms with Crippen LogP contribution in [-0.4, -0.2) is 7.11 Å². The molecule has 0 N–H and O–H groups in total. The number of benzene rings is 3. The zero-order valence-electron chi connectivity index (χ0n) is 17.6. The number of halogens is 1. The molecule has 0 aliphatic heterocycles. The first-order valence-electron chi connectivity index (χ1n) is 10.3. The van der Waals surface area contributed by atoms with Crippen LogP contribution in [0.3, 0.4) is 0 Å². The average molecular weight is 397 g/mol. The molecule has 0 radical (unpaired) electrons. The highest BCUT2D eigenvalue weighted by molar-refractivity contribution is 5.82. The molecule has 4 rings (SSSR count). The van der Waals surface area contributed by atoms with Gasteiger partial charge in [-0.1, -0.05) is 53.8 Å². The highest BCUT2D eigenvalue weighted by Crippen LogP contribution is 2.45. The molecule has 1 saturated carbocycles. The van der Waals surface area contributed by atoms with Crippen molar-refractivity contribution in [1.29, 1.82) is 0 Å². The lowest BCUT2D eigenvalue weighted by molar-refractivity contribution is 0.415. The van der Waals surface area contributed by atoms with Crippen LogP contribution in [0.5, 0.6) is 5.75 Å². The molecule has 0 unspecified atom stereocenters. The monoisotopic (exact) mass is 396 g/mol. The topological polar surface area (TPSA) is 9.23 Å². The Bertz CT molecular complexity index is 1140. The largest absolute Gasteiger partial charge is 0.497 e. The number of hydrogen-bond donors (Lipinski definition) is 0. The summed E-state index contributed by atoms with van der Waals surface area (Å²) >= 11 is 0. The van der Waals surface area contributed by atoms with Gasteiger partial charge in [0.2, 0.25) is 0 Å². The predicted octanol–water partition coefficient (Wildman–Crippen LogP) is 6.98. The Morgan fingerprint density at radius 3 is 2.30 bits per heavy atom. The van der Waals surface area contributed by atoms with Gasteiger partial charge in [0.15, 0.2) is 0 Å². The molecule has 0 saturated heterocycles. The van der Waals surface area contributed by atoms with Gasteiger partial charge in [-0.2, -0.15) is 0 Å². The Kier molecular flexibility index (Phi) is 5.72. The quantitative estimate of drug-likeness (QED) is 0.341. The summed E-state index contributed by atoms with van der Waals surface area (Å²) in [5, 5.41) is 0. The summed E-state index contributed by atoms with van der Waals surface area (Å²) in [7, 11) is 1.66. The van der Waals surface area contributed by atoms with Crippen molar-refractivity contribution in [3.05, 3.63) is 99.9 Å². The van der Waals surface area contributed by atoms with Crippen molar-refractivity contribution in [2.45, 2.75) is 32.6 Å². The number of ether oxygens (including phenoxy) is 1. The number of methoxy groups -OCH3 is 1. The van der Waals surface area contributed by atoms with E-state index in [1.54, 1.807) is 7.11 Å². The van der Waals surface area contributed by atoms with Gasteiger partial charge < -0.3 is 4.74 Å². The first-order valence-corrected chi connectivity index (χ1v) is 10.3. The zero-order valence-corrected chi connectivity index (χ0v) is 17.6. The molecule has 3 aromatic carbocycles. The molecule has 0 amide bonds. The number of rotatable bonds is 4. The lowest BCUT2D eigenvalue weighted by atomic mass is 9.93. The smallest absolute Gasteiger partial charge is 0.142 e. The Morgan fingerprint density at radius 1 is 0.967 bits per heavy atom. The predicted molar refractivity (Wildman–Crippen MR) is 122 cm³/mol. The van der Waals surface area contributed by atoms with E-state index in [1.807, 2.05) is 74.5 Å². The highest BCUT2D eigenvalue weighted by atomic mass is 19.1. The first-order chi connectivity index (χ1) is 14.5. The minimum absolute atomic E-state index is 0.169. The number of allylic oxidation sites excluding steroid dienone is 1. The average Bonchev–Trinajstić information content (AvgIpc) is 3.59. The van der Waals surface area contributed by atoms with Crippen molar-refractivity contribution in [3.63, 3.8) is 0 Å². The lowest BCUT2D eigenvalue weighted by Gasteiger charge is -2.12. The van der Waals surface area contributed by atoms with E-state index < -0.39 is 0 Å². The molecule has 1 aliphatic rings. The van der Waals surface area contributed by atoms with E-state index >= 15 is 4.39 Å². The van der Waals surface area contributed by atoms with Crippen LogP contribution in [0.2, 0.25) is 0 Å². The molecule has 30 heavy (non-hydrogen) atoms. The second kappa shape index (κ2) is 8.59. The van der Waals surface area contributed by atoms with Crippen LogP contribution in [0.15, 0.2) is 60.7 Å². The summed E-state index contributed by atoms with van der Waals surface area (Å²) in [6, 6.07) is 19.7. The third kappa shape index (κ3) is 4.47. The van der Waals surface area contributed by atoms with E-state index in [4.69, 9.17) is 4.74 Å². The number of aryl methyl sites for hydroxylation is 1. The van der Waals surface area contributed by atoms with Crippen LogP contribution in [0.4, 0.5) is 4.39 Å². The summed E-state index contributed by atoms with van der Waals surface area (Å²) in [4.78, 5) is 0. The molecule has 150 valence electrons. The van der Waals surface area contributed by atoms with Crippen molar-refractivity contribution >= 4 is 11.6 Å². The minimum atomic E-state index is -0.169. The van der Waals surface area contributed by atoms with Gasteiger partial charge in [0, 0.05) is 5.56 Å². The van der Waals surface area contributed by atoms with Crippen LogP contribution in [0.1, 0.15) is 59.1 Å². The Hall–Kier alpha value is -3.31. The summed E-state index contributed by atoms with van der Waals surface area (Å²) in [6.07, 6.45) is 4.17. The maximum Gasteiger partial charge on any atom is 0.142 e. The van der Waals surface area contributed by atoms with Gasteiger partial charge in [0.25, 0.3) is 0 Å². The van der Waals surface area contributed by atoms with Gasteiger partial charge in [-0.05, 0) is 85.2 Å². The van der Waals surface area contributed by atoms with Gasteiger partial charge in [-0.25, -0.2) is 4.39 Å². The van der Waals surface area contributed by atoms with Gasteiger partial charge in [0.1, 0.15) is 11.6 Å². The zero-order chi connectivity index (χ0) is 21.1. The van der Waals surface area contributed by atoms with E-state index in [0.717, 1.165) is 46.4 Å². The maximum atomic E-state index is 15.4. The van der Waals surface area contributed by atoms with E-state index in [2.05, 4.69) is 17.9 Å². The summed E-state index contributed by atoms with van der Waals surface area (Å²) in [5.41, 5.74) is 6.47. The summed E-state index contributed by atoms with van der Waals surface area (Å²) in [5.74, 6) is 7.09. The summed E-state index contributed by atoms with van der Waals surface area (Å²) in [6.45, 7) is 4.09. The minimum Gasteiger partial charge on any atom is -0.497 e. The van der Waals surface area contributed by atoms with Crippen molar-refractivity contribution in [2.24, 2.45) is 0 Å². The normalized spacial score (nSPS) is 13.5. The van der Waals surface area contributed by atoms with E-state index in [9.17, 15) is 0 Å². The Labute approximate surface area is 178 Å². The third-order valence-electron chi connectivity index (χ3n) is 5.48. The van der Waals surface area contributed by atoms with Crippen LogP contribution in [-0.2, 0) is 0 Å². The van der Waals surface area contributed by atoms with Gasteiger partial charge >= 0.3 is 0 Å². The second-order valence-corrected chi connectivity index (χ2v) is 7.88. The fraction of sp³-hybridized carbons (Fsp3) is 0.214. The van der Waals surface area contributed by atoms with Crippen LogP contribution < -0.4 is 4.74 Å². The summed E-state index contributed by atoms with van der Waals surface area (Å²) < 4.78 is 20.7. The molecule has 0 heterocycles. The molecule has 0 bridgehead atoms. The lowest BCUT2D eigenvalue weighted by Crippen LogP contribution is -1.98. The van der Waals surface area contributed by atoms with Gasteiger partial charge in [-0.3, -0.25) is 0 Å². The van der Waals surface area contributed by atoms with E-state index in [1.165, 1.54) is 5.56 Å². The van der Waals surface area contributed by atoms with Crippen LogP contribution >= 0.6 is 0 Å². The standard InChI is InChI=1S/C28H25FO/c1-19-4-6-21(7-5-19)8-11-24-14-17-26(27(28(24)29)23-12-13-23)20(2)18-22-9-15-25(30-3)16-10-22/h4-7,9-10,14-18,23H,12-13H2,1-3H3. The third-order valence-corrected chi connectivity index (χ3v) is 5.48. The van der Waals surface area contributed by atoms with Crippen LogP contribution in [0, 0.1) is 24.6 Å². The molecular weight excluding hydrogens is 371 g/mol. The molecular formula is C28H25FO. The van der Waals surface area contributed by atoms with Crippen molar-refractivity contribution in [2.75, 3.05) is 7.11 Å². The van der Waals surface area contributed by atoms with Gasteiger partial charge in [0.05, 0.1) is 12.7 Å².